The molecule has 1 aromatic rings. The van der Waals surface area contributed by atoms with Crippen LogP contribution >= 0.6 is 0 Å². The molecule has 2 aliphatic heterocycles. The van der Waals surface area contributed by atoms with E-state index in [4.69, 9.17) is 18.9 Å². The van der Waals surface area contributed by atoms with Crippen molar-refractivity contribution in [1.29, 1.82) is 0 Å². The number of carbonyl (C=O) groups is 1. The maximum atomic E-state index is 12.5. The molecular formula is C16H18O5. The van der Waals surface area contributed by atoms with Crippen molar-refractivity contribution < 1.29 is 23.7 Å². The van der Waals surface area contributed by atoms with Crippen LogP contribution in [-0.4, -0.2) is 43.6 Å². The van der Waals surface area contributed by atoms with Gasteiger partial charge in [0.25, 0.3) is 0 Å². The van der Waals surface area contributed by atoms with Crippen molar-refractivity contribution in [3.05, 3.63) is 48.6 Å². The van der Waals surface area contributed by atoms with Crippen LogP contribution in [0.4, 0.5) is 0 Å². The molecule has 21 heavy (non-hydrogen) atoms. The first kappa shape index (κ1) is 14.4. The first-order chi connectivity index (χ1) is 10.3. The van der Waals surface area contributed by atoms with Gasteiger partial charge in [-0.15, -0.1) is 6.58 Å². The number of hydrogen-bond acceptors (Lipinski definition) is 5. The van der Waals surface area contributed by atoms with Gasteiger partial charge >= 0.3 is 0 Å². The minimum Gasteiger partial charge on any atom is -0.363 e. The van der Waals surface area contributed by atoms with E-state index in [1.807, 2.05) is 30.3 Å². The zero-order valence-electron chi connectivity index (χ0n) is 11.6. The van der Waals surface area contributed by atoms with Crippen molar-refractivity contribution in [2.24, 2.45) is 0 Å². The van der Waals surface area contributed by atoms with E-state index in [1.54, 1.807) is 6.08 Å². The van der Waals surface area contributed by atoms with E-state index in [0.717, 1.165) is 5.56 Å². The van der Waals surface area contributed by atoms with Crippen molar-refractivity contribution in [1.82, 2.24) is 0 Å². The summed E-state index contributed by atoms with van der Waals surface area (Å²) < 4.78 is 22.4. The van der Waals surface area contributed by atoms with Crippen LogP contribution in [0.1, 0.15) is 5.56 Å². The molecule has 0 amide bonds. The van der Waals surface area contributed by atoms with E-state index >= 15 is 0 Å². The Morgan fingerprint density at radius 1 is 1.24 bits per heavy atom. The Labute approximate surface area is 123 Å². The Morgan fingerprint density at radius 3 is 2.81 bits per heavy atom. The van der Waals surface area contributed by atoms with Gasteiger partial charge in [-0.3, -0.25) is 4.79 Å². The highest BCUT2D eigenvalue weighted by molar-refractivity contribution is 5.89. The number of Topliss-reactive ketones (excluding diaryl/α,β-unsaturated/α-hetero) is 1. The summed E-state index contributed by atoms with van der Waals surface area (Å²) in [6, 6.07) is 9.67. The fourth-order valence-electron chi connectivity index (χ4n) is 2.52. The van der Waals surface area contributed by atoms with E-state index in [1.165, 1.54) is 0 Å². The largest absolute Gasteiger partial charge is 0.363 e. The molecule has 1 aromatic carbocycles. The summed E-state index contributed by atoms with van der Waals surface area (Å²) in [4.78, 5) is 12.5. The van der Waals surface area contributed by atoms with Crippen molar-refractivity contribution in [3.8, 4) is 0 Å². The molecule has 0 aromatic heterocycles. The van der Waals surface area contributed by atoms with Crippen molar-refractivity contribution in [2.75, 3.05) is 13.2 Å². The van der Waals surface area contributed by atoms with Gasteiger partial charge in [0, 0.05) is 0 Å². The van der Waals surface area contributed by atoms with E-state index in [0.29, 0.717) is 19.8 Å². The van der Waals surface area contributed by atoms with Crippen molar-refractivity contribution in [2.45, 2.75) is 31.2 Å². The molecule has 2 bridgehead atoms. The standard InChI is InChI=1S/C16H18O5/c1-2-8-18-14-12-10-20-16(21-12)15(13(14)17)19-9-11-6-4-3-5-7-11/h2-7,12,14-16H,1,8-10H2/t12-,14+,15-,16+/m0/s1. The second-order valence-electron chi connectivity index (χ2n) is 5.04. The number of ketones is 1. The topological polar surface area (TPSA) is 54.0 Å². The lowest BCUT2D eigenvalue weighted by molar-refractivity contribution is -0.204. The maximum Gasteiger partial charge on any atom is 0.198 e. The van der Waals surface area contributed by atoms with Gasteiger partial charge in [0.15, 0.2) is 18.2 Å². The highest BCUT2D eigenvalue weighted by Gasteiger charge is 2.51. The van der Waals surface area contributed by atoms with Gasteiger partial charge in [-0.2, -0.15) is 0 Å². The molecule has 112 valence electrons. The predicted octanol–water partition coefficient (Wildman–Crippen LogP) is 1.47. The van der Waals surface area contributed by atoms with Crippen molar-refractivity contribution in [3.63, 3.8) is 0 Å². The van der Waals surface area contributed by atoms with Crippen LogP contribution in [0.5, 0.6) is 0 Å². The lowest BCUT2D eigenvalue weighted by atomic mass is 10.0. The van der Waals surface area contributed by atoms with Gasteiger partial charge in [-0.1, -0.05) is 36.4 Å². The van der Waals surface area contributed by atoms with Crippen LogP contribution in [0, 0.1) is 0 Å². The Bertz CT molecular complexity index is 501. The van der Waals surface area contributed by atoms with E-state index in [2.05, 4.69) is 6.58 Å². The third kappa shape index (κ3) is 3.06. The van der Waals surface area contributed by atoms with E-state index < -0.39 is 18.5 Å². The van der Waals surface area contributed by atoms with Gasteiger partial charge < -0.3 is 18.9 Å². The zero-order chi connectivity index (χ0) is 14.7. The fourth-order valence-corrected chi connectivity index (χ4v) is 2.52. The second kappa shape index (κ2) is 6.49. The summed E-state index contributed by atoms with van der Waals surface area (Å²) in [6.07, 6.45) is -0.773. The number of fused-ring (bicyclic) bond motifs is 2. The third-order valence-electron chi connectivity index (χ3n) is 3.55. The summed E-state index contributed by atoms with van der Waals surface area (Å²) in [5.41, 5.74) is 0.994. The molecule has 3 rings (SSSR count). The van der Waals surface area contributed by atoms with E-state index in [-0.39, 0.29) is 11.9 Å². The lowest BCUT2D eigenvalue weighted by Crippen LogP contribution is -2.52. The highest BCUT2D eigenvalue weighted by Crippen LogP contribution is 2.29. The molecule has 2 fully saturated rings. The first-order valence-electron chi connectivity index (χ1n) is 6.98. The molecular weight excluding hydrogens is 272 g/mol. The van der Waals surface area contributed by atoms with Crippen LogP contribution in [0.25, 0.3) is 0 Å². The summed E-state index contributed by atoms with van der Waals surface area (Å²) in [6.45, 7) is 4.57. The quantitative estimate of drug-likeness (QED) is 0.743. The Hall–Kier alpha value is -1.53. The van der Waals surface area contributed by atoms with Gasteiger partial charge in [0.2, 0.25) is 0 Å². The number of ether oxygens (including phenoxy) is 4. The lowest BCUT2D eigenvalue weighted by Gasteiger charge is -2.31. The highest BCUT2D eigenvalue weighted by atomic mass is 16.8. The Morgan fingerprint density at radius 2 is 2.05 bits per heavy atom. The minimum absolute atomic E-state index is 0.119. The molecule has 5 nitrogen and oxygen atoms in total. The molecule has 0 unspecified atom stereocenters. The average molecular weight is 290 g/mol. The van der Waals surface area contributed by atoms with Crippen molar-refractivity contribution >= 4 is 5.78 Å². The summed E-state index contributed by atoms with van der Waals surface area (Å²) in [5, 5.41) is 0. The first-order valence-corrected chi connectivity index (χ1v) is 6.98. The molecule has 2 heterocycles. The van der Waals surface area contributed by atoms with Crippen LogP contribution in [0.2, 0.25) is 0 Å². The normalized spacial score (nSPS) is 31.3. The number of carbonyl (C=O) groups excluding carboxylic acids is 1. The zero-order valence-corrected chi connectivity index (χ0v) is 11.6. The predicted molar refractivity (Wildman–Crippen MR) is 74.6 cm³/mol. The van der Waals surface area contributed by atoms with Gasteiger partial charge in [-0.25, -0.2) is 0 Å². The van der Waals surface area contributed by atoms with Crippen LogP contribution in [-0.2, 0) is 30.3 Å². The van der Waals surface area contributed by atoms with Crippen LogP contribution in [0.15, 0.2) is 43.0 Å². The molecule has 0 N–H and O–H groups in total. The Kier molecular flexibility index (Phi) is 4.45. The molecule has 0 saturated carbocycles. The van der Waals surface area contributed by atoms with E-state index in [9.17, 15) is 4.79 Å². The molecule has 2 aliphatic rings. The second-order valence-corrected chi connectivity index (χ2v) is 5.04. The summed E-state index contributed by atoms with van der Waals surface area (Å²) >= 11 is 0. The molecule has 2 saturated heterocycles. The molecule has 0 spiro atoms. The van der Waals surface area contributed by atoms with Gasteiger partial charge in [-0.05, 0) is 5.56 Å². The number of hydrogen-bond donors (Lipinski definition) is 0. The molecule has 0 aliphatic carbocycles. The average Bonchev–Trinajstić information content (AvgIpc) is 2.94. The smallest absolute Gasteiger partial charge is 0.198 e. The summed E-state index contributed by atoms with van der Waals surface area (Å²) in [7, 11) is 0. The maximum absolute atomic E-state index is 12.5. The Balaban J connectivity index is 1.66. The molecule has 5 heteroatoms. The fraction of sp³-hybridized carbons (Fsp3) is 0.438. The minimum atomic E-state index is -0.751. The SMILES string of the molecule is C=CCO[C@H]1C(=O)[C@H](OCc2ccccc2)[C@@H]2OC[C@@H]1O2. The monoisotopic (exact) mass is 290 g/mol. The van der Waals surface area contributed by atoms with Crippen LogP contribution in [0.3, 0.4) is 0 Å². The molecule has 4 atom stereocenters. The molecule has 0 radical (unpaired) electrons. The third-order valence-corrected chi connectivity index (χ3v) is 3.55. The van der Waals surface area contributed by atoms with Crippen LogP contribution < -0.4 is 0 Å². The number of benzene rings is 1. The summed E-state index contributed by atoms with van der Waals surface area (Å²) in [5.74, 6) is -0.119. The van der Waals surface area contributed by atoms with Gasteiger partial charge in [0.05, 0.1) is 19.8 Å². The number of rotatable bonds is 6. The van der Waals surface area contributed by atoms with Gasteiger partial charge in [0.1, 0.15) is 12.2 Å².